The van der Waals surface area contributed by atoms with Gasteiger partial charge in [0.2, 0.25) is 0 Å². The number of halogens is 3. The fraction of sp³-hybridized carbons (Fsp3) is 0.429. The molecular weight excluding hydrogens is 347 g/mol. The van der Waals surface area contributed by atoms with E-state index in [0.29, 0.717) is 23.6 Å². The molecular formula is C14H14F3N3O3S. The number of alkyl halides is 3. The monoisotopic (exact) mass is 361 g/mol. The fourth-order valence-corrected chi connectivity index (χ4v) is 3.67. The topological polar surface area (TPSA) is 98.6 Å². The van der Waals surface area contributed by atoms with Gasteiger partial charge in [-0.05, 0) is 18.4 Å². The molecule has 24 heavy (non-hydrogen) atoms. The summed E-state index contributed by atoms with van der Waals surface area (Å²) in [5, 5.41) is 11.6. The molecule has 130 valence electrons. The first-order valence-corrected chi connectivity index (χ1v) is 7.71. The largest absolute Gasteiger partial charge is 0.416 e. The Labute approximate surface area is 139 Å². The number of aldehydes is 1. The van der Waals surface area contributed by atoms with E-state index in [-0.39, 0.29) is 22.7 Å². The lowest BCUT2D eigenvalue weighted by molar-refractivity contribution is -0.388. The second kappa shape index (κ2) is 6.17. The molecule has 0 aromatic heterocycles. The van der Waals surface area contributed by atoms with Crippen molar-refractivity contribution in [2.24, 2.45) is 16.6 Å². The van der Waals surface area contributed by atoms with Crippen LogP contribution in [-0.4, -0.2) is 16.3 Å². The summed E-state index contributed by atoms with van der Waals surface area (Å²) >= 11 is 0.879. The SMILES string of the molecule is CC(C)CC1=NC(N)(C=O)c2cc(C(F)(F)F)cc([N+](=O)[O-])c2S1. The van der Waals surface area contributed by atoms with Gasteiger partial charge in [0.05, 0.1) is 20.4 Å². The number of hydrogen-bond donors (Lipinski definition) is 1. The molecule has 0 bridgehead atoms. The van der Waals surface area contributed by atoms with Gasteiger partial charge in [-0.3, -0.25) is 20.6 Å². The Morgan fingerprint density at radius 2 is 2.08 bits per heavy atom. The maximum Gasteiger partial charge on any atom is 0.416 e. The molecule has 0 amide bonds. The first kappa shape index (κ1) is 18.4. The van der Waals surface area contributed by atoms with E-state index in [2.05, 4.69) is 4.99 Å². The Bertz CT molecular complexity index is 734. The third-order valence-corrected chi connectivity index (χ3v) is 4.44. The molecule has 0 saturated heterocycles. The second-order valence-corrected chi connectivity index (χ2v) is 6.86. The lowest BCUT2D eigenvalue weighted by Gasteiger charge is -2.28. The molecule has 1 aliphatic heterocycles. The Kier molecular flexibility index (Phi) is 4.73. The third kappa shape index (κ3) is 3.44. The zero-order valence-corrected chi connectivity index (χ0v) is 13.6. The molecule has 1 aliphatic rings. The highest BCUT2D eigenvalue weighted by Gasteiger charge is 2.42. The van der Waals surface area contributed by atoms with Crippen molar-refractivity contribution in [2.75, 3.05) is 0 Å². The van der Waals surface area contributed by atoms with Crippen LogP contribution in [0.5, 0.6) is 0 Å². The van der Waals surface area contributed by atoms with Crippen molar-refractivity contribution in [3.8, 4) is 0 Å². The average molecular weight is 361 g/mol. The van der Waals surface area contributed by atoms with Gasteiger partial charge in [0.1, 0.15) is 0 Å². The summed E-state index contributed by atoms with van der Waals surface area (Å²) in [6, 6.07) is 1.11. The predicted molar refractivity (Wildman–Crippen MR) is 82.8 cm³/mol. The van der Waals surface area contributed by atoms with Gasteiger partial charge >= 0.3 is 6.18 Å². The Hall–Kier alpha value is -1.94. The van der Waals surface area contributed by atoms with Gasteiger partial charge in [0, 0.05) is 11.6 Å². The van der Waals surface area contributed by atoms with Gasteiger partial charge in [-0.2, -0.15) is 13.2 Å². The number of carbonyl (C=O) groups excluding carboxylic acids is 1. The van der Waals surface area contributed by atoms with Crippen molar-refractivity contribution in [2.45, 2.75) is 37.0 Å². The van der Waals surface area contributed by atoms with Gasteiger partial charge < -0.3 is 0 Å². The molecule has 1 atom stereocenters. The molecule has 1 aromatic carbocycles. The minimum atomic E-state index is -4.81. The zero-order chi connectivity index (χ0) is 18.3. The molecule has 10 heteroatoms. The summed E-state index contributed by atoms with van der Waals surface area (Å²) in [4.78, 5) is 25.7. The number of carbonyl (C=O) groups is 1. The van der Waals surface area contributed by atoms with Crippen molar-refractivity contribution in [3.05, 3.63) is 33.4 Å². The smallest absolute Gasteiger partial charge is 0.299 e. The van der Waals surface area contributed by atoms with E-state index in [1.54, 1.807) is 0 Å². The molecule has 0 aliphatic carbocycles. The Morgan fingerprint density at radius 3 is 2.54 bits per heavy atom. The number of hydrogen-bond acceptors (Lipinski definition) is 6. The number of nitrogens with two attached hydrogens (primary N) is 1. The molecule has 2 rings (SSSR count). The minimum absolute atomic E-state index is 0.0757. The maximum atomic E-state index is 13.0. The van der Waals surface area contributed by atoms with Crippen LogP contribution < -0.4 is 5.73 Å². The Balaban J connectivity index is 2.73. The van der Waals surface area contributed by atoms with Crippen LogP contribution in [0.15, 0.2) is 22.0 Å². The van der Waals surface area contributed by atoms with Crippen LogP contribution in [0.2, 0.25) is 0 Å². The number of rotatable bonds is 4. The van der Waals surface area contributed by atoms with Crippen LogP contribution in [0.4, 0.5) is 18.9 Å². The summed E-state index contributed by atoms with van der Waals surface area (Å²) in [5.41, 5.74) is 1.50. The van der Waals surface area contributed by atoms with Crippen molar-refractivity contribution in [1.29, 1.82) is 0 Å². The minimum Gasteiger partial charge on any atom is -0.299 e. The standard InChI is InChI=1S/C14H14F3N3O3S/c1-7(2)3-11-19-13(18,6-21)9-4-8(14(15,16)17)5-10(20(22)23)12(9)24-11/h4-7H,3,18H2,1-2H3. The highest BCUT2D eigenvalue weighted by Crippen LogP contribution is 2.46. The first-order valence-electron chi connectivity index (χ1n) is 6.90. The quantitative estimate of drug-likeness (QED) is 0.503. The third-order valence-electron chi connectivity index (χ3n) is 3.32. The van der Waals surface area contributed by atoms with Crippen LogP contribution in [-0.2, 0) is 16.6 Å². The van der Waals surface area contributed by atoms with E-state index in [9.17, 15) is 28.1 Å². The second-order valence-electron chi connectivity index (χ2n) is 5.78. The molecule has 1 unspecified atom stereocenters. The highest BCUT2D eigenvalue weighted by atomic mass is 32.2. The zero-order valence-electron chi connectivity index (χ0n) is 12.8. The van der Waals surface area contributed by atoms with E-state index in [1.807, 2.05) is 13.8 Å². The maximum absolute atomic E-state index is 13.0. The fourth-order valence-electron chi connectivity index (χ4n) is 2.25. The summed E-state index contributed by atoms with van der Waals surface area (Å²) < 4.78 is 39.0. The van der Waals surface area contributed by atoms with Crippen molar-refractivity contribution in [3.63, 3.8) is 0 Å². The molecule has 2 N–H and O–H groups in total. The molecule has 0 fully saturated rings. The van der Waals surface area contributed by atoms with Crippen LogP contribution >= 0.6 is 11.8 Å². The van der Waals surface area contributed by atoms with Gasteiger partial charge in [0.25, 0.3) is 5.69 Å². The lowest BCUT2D eigenvalue weighted by atomic mass is 9.98. The number of nitro benzene ring substituents is 1. The first-order chi connectivity index (χ1) is 11.0. The molecule has 0 saturated carbocycles. The predicted octanol–water partition coefficient (Wildman–Crippen LogP) is 3.47. The molecule has 1 aromatic rings. The van der Waals surface area contributed by atoms with Crippen molar-refractivity contribution in [1.82, 2.24) is 0 Å². The number of nitro groups is 1. The molecule has 6 nitrogen and oxygen atoms in total. The van der Waals surface area contributed by atoms with Gasteiger partial charge in [0.15, 0.2) is 11.9 Å². The highest BCUT2D eigenvalue weighted by molar-refractivity contribution is 8.14. The van der Waals surface area contributed by atoms with E-state index < -0.39 is 28.0 Å². The average Bonchev–Trinajstić information content (AvgIpc) is 2.44. The van der Waals surface area contributed by atoms with Crippen LogP contribution in [0.25, 0.3) is 0 Å². The number of fused-ring (bicyclic) bond motifs is 1. The number of aliphatic imine (C=N–C) groups is 1. The van der Waals surface area contributed by atoms with Crippen LogP contribution in [0.1, 0.15) is 31.4 Å². The number of benzene rings is 1. The van der Waals surface area contributed by atoms with Gasteiger partial charge in [-0.15, -0.1) is 0 Å². The molecule has 0 radical (unpaired) electrons. The summed E-state index contributed by atoms with van der Waals surface area (Å²) in [6.07, 6.45) is -4.21. The van der Waals surface area contributed by atoms with E-state index >= 15 is 0 Å². The molecule has 1 heterocycles. The Morgan fingerprint density at radius 1 is 1.46 bits per heavy atom. The number of thioether (sulfide) groups is 1. The van der Waals surface area contributed by atoms with Gasteiger partial charge in [-0.25, -0.2) is 4.99 Å². The van der Waals surface area contributed by atoms with E-state index in [0.717, 1.165) is 11.8 Å². The van der Waals surface area contributed by atoms with Crippen LogP contribution in [0, 0.1) is 16.0 Å². The summed E-state index contributed by atoms with van der Waals surface area (Å²) in [7, 11) is 0. The lowest BCUT2D eigenvalue weighted by Crippen LogP contribution is -2.40. The van der Waals surface area contributed by atoms with Crippen molar-refractivity contribution < 1.29 is 22.9 Å². The van der Waals surface area contributed by atoms with E-state index in [1.165, 1.54) is 0 Å². The summed E-state index contributed by atoms with van der Waals surface area (Å²) in [5.74, 6) is 0.127. The van der Waals surface area contributed by atoms with Crippen LogP contribution in [0.3, 0.4) is 0 Å². The van der Waals surface area contributed by atoms with Gasteiger partial charge in [-0.1, -0.05) is 25.6 Å². The summed E-state index contributed by atoms with van der Waals surface area (Å²) in [6.45, 7) is 3.75. The van der Waals surface area contributed by atoms with Crippen molar-refractivity contribution >= 4 is 28.8 Å². The van der Waals surface area contributed by atoms with E-state index in [4.69, 9.17) is 5.73 Å². The molecule has 0 spiro atoms. The normalized spacial score (nSPS) is 20.5. The number of nitrogens with zero attached hydrogens (tertiary/aromatic N) is 2.